The Morgan fingerprint density at radius 2 is 0.411 bits per heavy atom. The Morgan fingerprint density at radius 1 is 0.158 bits per heavy atom. The summed E-state index contributed by atoms with van der Waals surface area (Å²) in [6.45, 7) is 10.2. The summed E-state index contributed by atoms with van der Waals surface area (Å²) < 4.78 is 0. The Labute approximate surface area is 559 Å². The first-order valence-electron chi connectivity index (χ1n) is 32.0. The van der Waals surface area contributed by atoms with Crippen LogP contribution in [-0.4, -0.2) is 29.9 Å². The van der Waals surface area contributed by atoms with Crippen LogP contribution in [-0.2, 0) is 0 Å². The molecule has 460 valence electrons. The average molecular weight is 1230 g/mol. The zero-order chi connectivity index (χ0) is 65.4. The molecule has 0 aliphatic heterocycles. The highest BCUT2D eigenvalue weighted by molar-refractivity contribution is 5.75. The van der Waals surface area contributed by atoms with Crippen molar-refractivity contribution in [3.05, 3.63) is 386 Å². The topological polar surface area (TPSA) is 77.3 Å². The van der Waals surface area contributed by atoms with E-state index in [1.807, 2.05) is 178 Å². The molecule has 95 heavy (non-hydrogen) atoms. The molecular formula is C89H74N6. The van der Waals surface area contributed by atoms with Gasteiger partial charge in [-0.2, -0.15) is 0 Å². The van der Waals surface area contributed by atoms with Crippen LogP contribution in [0.25, 0.3) is 112 Å². The lowest BCUT2D eigenvalue weighted by atomic mass is 9.97. The van der Waals surface area contributed by atoms with Gasteiger partial charge in [-0.05, 0) is 122 Å². The molecular weight excluding hydrogens is 1150 g/mol. The molecule has 0 atom stereocenters. The Hall–Kier alpha value is -12.1. The Morgan fingerprint density at radius 3 is 0.747 bits per heavy atom. The molecule has 15 rings (SSSR count). The molecule has 0 spiro atoms. The van der Waals surface area contributed by atoms with Crippen molar-refractivity contribution in [1.82, 2.24) is 29.9 Å². The molecule has 11 aromatic carbocycles. The number of hydrogen-bond acceptors (Lipinski definition) is 6. The van der Waals surface area contributed by atoms with Gasteiger partial charge in [0.1, 0.15) is 5.82 Å². The SMILES string of the molecule is Cc1cc(-c2ccccc2)cc(-c2ccccc2)c1.Cc1cc(-c2ccccc2)cc(-c2ccccc2)n1.Cc1cc(-c2ccccc2)nc(-c2ccccc2)c1.Cc1cc(-c2ccccc2)nc(-c2ccccc2)n1.Cc1nc(-c2ccccc2)cc(-c2ccccc2)n1. The third-order valence-corrected chi connectivity index (χ3v) is 15.5. The first kappa shape index (κ1) is 64.4. The van der Waals surface area contributed by atoms with Gasteiger partial charge < -0.3 is 0 Å². The number of hydrogen-bond donors (Lipinski definition) is 0. The van der Waals surface area contributed by atoms with Crippen molar-refractivity contribution in [2.24, 2.45) is 0 Å². The molecule has 4 heterocycles. The average Bonchev–Trinajstić information content (AvgIpc) is 1.37. The molecule has 6 heteroatoms. The minimum atomic E-state index is 0.777. The molecule has 4 aromatic heterocycles. The third-order valence-electron chi connectivity index (χ3n) is 15.5. The van der Waals surface area contributed by atoms with E-state index in [2.05, 4.69) is 239 Å². The molecule has 0 fully saturated rings. The van der Waals surface area contributed by atoms with Gasteiger partial charge in [0, 0.05) is 50.3 Å². The van der Waals surface area contributed by atoms with Crippen LogP contribution in [0.3, 0.4) is 0 Å². The molecule has 0 N–H and O–H groups in total. The molecule has 0 saturated carbocycles. The summed E-state index contributed by atoms with van der Waals surface area (Å²) in [5.41, 5.74) is 25.9. The maximum atomic E-state index is 4.77. The van der Waals surface area contributed by atoms with E-state index < -0.39 is 0 Å². The van der Waals surface area contributed by atoms with E-state index in [9.17, 15) is 0 Å². The second-order valence-electron chi connectivity index (χ2n) is 22.9. The normalized spacial score (nSPS) is 10.4. The highest BCUT2D eigenvalue weighted by Crippen LogP contribution is 2.31. The minimum Gasteiger partial charge on any atom is -0.253 e. The number of nitrogens with zero attached hydrogens (tertiary/aromatic N) is 6. The molecule has 0 aliphatic rings. The molecule has 15 aromatic rings. The Kier molecular flexibility index (Phi) is 22.2. The fourth-order valence-corrected chi connectivity index (χ4v) is 10.9. The van der Waals surface area contributed by atoms with E-state index in [1.54, 1.807) is 0 Å². The highest BCUT2D eigenvalue weighted by atomic mass is 14.9. The zero-order valence-electron chi connectivity index (χ0n) is 54.2. The number of aryl methyl sites for hydroxylation is 5. The highest BCUT2D eigenvalue weighted by Gasteiger charge is 2.10. The van der Waals surface area contributed by atoms with Crippen LogP contribution in [0.4, 0.5) is 0 Å². The fourth-order valence-electron chi connectivity index (χ4n) is 10.9. The van der Waals surface area contributed by atoms with Crippen LogP contribution in [0, 0.1) is 34.6 Å². The van der Waals surface area contributed by atoms with E-state index >= 15 is 0 Å². The first-order valence-corrected chi connectivity index (χ1v) is 32.0. The van der Waals surface area contributed by atoms with E-state index in [0.29, 0.717) is 0 Å². The van der Waals surface area contributed by atoms with Crippen LogP contribution in [0.5, 0.6) is 0 Å². The molecule has 6 nitrogen and oxygen atoms in total. The minimum absolute atomic E-state index is 0.777. The summed E-state index contributed by atoms with van der Waals surface area (Å²) in [5, 5.41) is 0. The van der Waals surface area contributed by atoms with Gasteiger partial charge in [0.25, 0.3) is 0 Å². The smallest absolute Gasteiger partial charge is 0.160 e. The van der Waals surface area contributed by atoms with Gasteiger partial charge >= 0.3 is 0 Å². The third kappa shape index (κ3) is 18.5. The van der Waals surface area contributed by atoms with Gasteiger partial charge in [0.05, 0.1) is 34.2 Å². The van der Waals surface area contributed by atoms with Crippen molar-refractivity contribution < 1.29 is 0 Å². The standard InChI is InChI=1S/C19H16.2C18H15N.2C17H14N2/c1-15-12-18(16-8-4-2-5-9-16)14-19(13-15)17-10-6-3-7-11-17;1-14-12-17(15-8-4-2-5-9-15)13-18(19-14)16-10-6-3-7-11-16;1-14-12-17(15-8-4-2-5-9-15)19-18(13-14)16-10-6-3-7-11-16;1-13-18-16(14-8-4-2-5-9-14)12-17(19-13)15-10-6-3-7-11-15;1-13-12-16(14-8-4-2-5-9-14)19-17(18-13)15-10-6-3-7-11-15/h2-14H,1H3;2*2-13H,1H3;2*2-12H,1H3. The lowest BCUT2D eigenvalue weighted by molar-refractivity contribution is 1.06. The number of rotatable bonds is 10. The molecule has 0 saturated heterocycles. The van der Waals surface area contributed by atoms with Gasteiger partial charge in [-0.25, -0.2) is 24.9 Å². The van der Waals surface area contributed by atoms with Crippen LogP contribution < -0.4 is 0 Å². The van der Waals surface area contributed by atoms with E-state index in [1.165, 1.54) is 44.5 Å². The quantitative estimate of drug-likeness (QED) is 0.136. The van der Waals surface area contributed by atoms with Crippen molar-refractivity contribution in [3.8, 4) is 112 Å². The summed E-state index contributed by atoms with van der Waals surface area (Å²) in [4.78, 5) is 27.6. The number of aromatic nitrogens is 6. The number of benzene rings is 11. The monoisotopic (exact) mass is 1230 g/mol. The maximum Gasteiger partial charge on any atom is 0.160 e. The van der Waals surface area contributed by atoms with Crippen molar-refractivity contribution in [3.63, 3.8) is 0 Å². The lowest BCUT2D eigenvalue weighted by Crippen LogP contribution is -1.94. The van der Waals surface area contributed by atoms with Gasteiger partial charge in [0.15, 0.2) is 5.82 Å². The predicted molar refractivity (Wildman–Crippen MR) is 397 cm³/mol. The van der Waals surface area contributed by atoms with Crippen molar-refractivity contribution in [2.75, 3.05) is 0 Å². The first-order chi connectivity index (χ1) is 46.6. The molecule has 0 aliphatic carbocycles. The Balaban J connectivity index is 0.000000121. The van der Waals surface area contributed by atoms with Crippen LogP contribution in [0.1, 0.15) is 28.3 Å². The zero-order valence-corrected chi connectivity index (χ0v) is 54.2. The molecule has 0 amide bonds. The molecule has 0 bridgehead atoms. The summed E-state index contributed by atoms with van der Waals surface area (Å²) in [6, 6.07) is 122. The van der Waals surface area contributed by atoms with Crippen molar-refractivity contribution in [2.45, 2.75) is 34.6 Å². The van der Waals surface area contributed by atoms with Gasteiger partial charge in [-0.15, -0.1) is 0 Å². The molecule has 0 unspecified atom stereocenters. The summed E-state index contributed by atoms with van der Waals surface area (Å²) >= 11 is 0. The lowest BCUT2D eigenvalue weighted by Gasteiger charge is -2.08. The van der Waals surface area contributed by atoms with E-state index in [4.69, 9.17) is 4.98 Å². The second kappa shape index (κ2) is 32.8. The molecule has 0 radical (unpaired) electrons. The van der Waals surface area contributed by atoms with Gasteiger partial charge in [-0.1, -0.05) is 315 Å². The predicted octanol–water partition coefficient (Wildman–Crippen LogP) is 23.0. The number of pyridine rings is 2. The van der Waals surface area contributed by atoms with Crippen LogP contribution in [0.2, 0.25) is 0 Å². The summed E-state index contributed by atoms with van der Waals surface area (Å²) in [5.74, 6) is 1.57. The summed E-state index contributed by atoms with van der Waals surface area (Å²) in [6.07, 6.45) is 0. The van der Waals surface area contributed by atoms with Gasteiger partial charge in [0.2, 0.25) is 0 Å². The maximum absolute atomic E-state index is 4.77. The van der Waals surface area contributed by atoms with Crippen LogP contribution in [0.15, 0.2) is 358 Å². The van der Waals surface area contributed by atoms with Gasteiger partial charge in [-0.3, -0.25) is 4.98 Å². The van der Waals surface area contributed by atoms with Crippen molar-refractivity contribution in [1.29, 1.82) is 0 Å². The fraction of sp³-hybridized carbons (Fsp3) is 0.0562. The largest absolute Gasteiger partial charge is 0.253 e. The van der Waals surface area contributed by atoms with E-state index in [0.717, 1.165) is 96.1 Å². The second-order valence-corrected chi connectivity index (χ2v) is 22.9. The Bertz CT molecular complexity index is 3800. The van der Waals surface area contributed by atoms with Crippen molar-refractivity contribution >= 4 is 0 Å². The summed E-state index contributed by atoms with van der Waals surface area (Å²) in [7, 11) is 0. The van der Waals surface area contributed by atoms with E-state index in [-0.39, 0.29) is 0 Å². The van der Waals surface area contributed by atoms with Crippen LogP contribution >= 0.6 is 0 Å².